The van der Waals surface area contributed by atoms with Crippen LogP contribution in [-0.4, -0.2) is 23.3 Å². The summed E-state index contributed by atoms with van der Waals surface area (Å²) in [6, 6.07) is 15.3. The van der Waals surface area contributed by atoms with Gasteiger partial charge in [-0.2, -0.15) is 0 Å². The summed E-state index contributed by atoms with van der Waals surface area (Å²) >= 11 is 0. The van der Waals surface area contributed by atoms with Crippen molar-refractivity contribution in [3.63, 3.8) is 0 Å². The highest BCUT2D eigenvalue weighted by Crippen LogP contribution is 2.20. The summed E-state index contributed by atoms with van der Waals surface area (Å²) in [5.41, 5.74) is 1.56. The minimum Gasteiger partial charge on any atom is -0.347 e. The van der Waals surface area contributed by atoms with Crippen molar-refractivity contribution in [2.45, 2.75) is 6.42 Å². The van der Waals surface area contributed by atoms with Gasteiger partial charge in [0.25, 0.3) is 0 Å². The van der Waals surface area contributed by atoms with Crippen LogP contribution in [0.2, 0.25) is 0 Å². The van der Waals surface area contributed by atoms with E-state index in [2.05, 4.69) is 15.6 Å². The first-order chi connectivity index (χ1) is 12.1. The molecule has 0 aliphatic carbocycles. The number of halogens is 1. The molecule has 0 aliphatic heterocycles. The maximum atomic E-state index is 13.5. The molecular formula is C19H16FN3O2. The van der Waals surface area contributed by atoms with Gasteiger partial charge < -0.3 is 10.6 Å². The van der Waals surface area contributed by atoms with Crippen molar-refractivity contribution in [2.75, 3.05) is 11.9 Å². The standard InChI is InChI=1S/C19H16FN3O2/c20-15-8-2-1-5-13(15)10-12-22-18(24)19(25)23-16-9-3-6-14-7-4-11-21-17(14)16/h1-9,11H,10,12H2,(H,22,24)(H,23,25). The maximum absolute atomic E-state index is 13.5. The third-order valence-electron chi connectivity index (χ3n) is 3.72. The first kappa shape index (κ1) is 16.6. The Morgan fingerprint density at radius 3 is 2.60 bits per heavy atom. The largest absolute Gasteiger partial charge is 0.347 e. The van der Waals surface area contributed by atoms with Crippen LogP contribution in [0.4, 0.5) is 10.1 Å². The average Bonchev–Trinajstić information content (AvgIpc) is 2.63. The Kier molecular flexibility index (Phi) is 4.99. The summed E-state index contributed by atoms with van der Waals surface area (Å²) in [5.74, 6) is -1.89. The van der Waals surface area contributed by atoms with Gasteiger partial charge in [-0.05, 0) is 30.2 Å². The number of pyridine rings is 1. The van der Waals surface area contributed by atoms with Gasteiger partial charge in [-0.25, -0.2) is 4.39 Å². The average molecular weight is 337 g/mol. The zero-order valence-electron chi connectivity index (χ0n) is 13.3. The SMILES string of the molecule is O=C(NCCc1ccccc1F)C(=O)Nc1cccc2cccnc12. The Morgan fingerprint density at radius 2 is 1.76 bits per heavy atom. The minimum atomic E-state index is -0.785. The number of aromatic nitrogens is 1. The summed E-state index contributed by atoms with van der Waals surface area (Å²) in [6.45, 7) is 0.168. The van der Waals surface area contributed by atoms with Crippen LogP contribution >= 0.6 is 0 Å². The third-order valence-corrected chi connectivity index (χ3v) is 3.72. The first-order valence-corrected chi connectivity index (χ1v) is 7.81. The molecule has 2 amide bonds. The monoisotopic (exact) mass is 337 g/mol. The van der Waals surface area contributed by atoms with Crippen LogP contribution in [0.15, 0.2) is 60.8 Å². The van der Waals surface area contributed by atoms with Crippen molar-refractivity contribution >= 4 is 28.4 Å². The van der Waals surface area contributed by atoms with Crippen molar-refractivity contribution < 1.29 is 14.0 Å². The quantitative estimate of drug-likeness (QED) is 0.719. The third kappa shape index (κ3) is 3.98. The van der Waals surface area contributed by atoms with Crippen LogP contribution in [0.25, 0.3) is 10.9 Å². The zero-order chi connectivity index (χ0) is 17.6. The summed E-state index contributed by atoms with van der Waals surface area (Å²) < 4.78 is 13.5. The van der Waals surface area contributed by atoms with Gasteiger partial charge in [-0.3, -0.25) is 14.6 Å². The van der Waals surface area contributed by atoms with Crippen LogP contribution < -0.4 is 10.6 Å². The Labute approximate surface area is 143 Å². The van der Waals surface area contributed by atoms with Gasteiger partial charge in [0.2, 0.25) is 0 Å². The topological polar surface area (TPSA) is 71.1 Å². The molecule has 1 aromatic heterocycles. The second-order valence-corrected chi connectivity index (χ2v) is 5.43. The van der Waals surface area contributed by atoms with Crippen LogP contribution in [-0.2, 0) is 16.0 Å². The van der Waals surface area contributed by atoms with E-state index in [0.29, 0.717) is 23.2 Å². The highest BCUT2D eigenvalue weighted by Gasteiger charge is 2.15. The number of nitrogens with zero attached hydrogens (tertiary/aromatic N) is 1. The zero-order valence-corrected chi connectivity index (χ0v) is 13.3. The molecule has 0 saturated heterocycles. The highest BCUT2D eigenvalue weighted by atomic mass is 19.1. The molecule has 2 N–H and O–H groups in total. The molecule has 5 nitrogen and oxygen atoms in total. The lowest BCUT2D eigenvalue weighted by atomic mass is 10.1. The van der Waals surface area contributed by atoms with E-state index >= 15 is 0 Å². The normalized spacial score (nSPS) is 10.4. The molecule has 3 rings (SSSR count). The van der Waals surface area contributed by atoms with Gasteiger partial charge in [-0.1, -0.05) is 36.4 Å². The fourth-order valence-corrected chi connectivity index (χ4v) is 2.48. The van der Waals surface area contributed by atoms with Gasteiger partial charge in [0.05, 0.1) is 11.2 Å². The van der Waals surface area contributed by atoms with Crippen LogP contribution in [0.3, 0.4) is 0 Å². The fourth-order valence-electron chi connectivity index (χ4n) is 2.48. The van der Waals surface area contributed by atoms with Crippen molar-refractivity contribution in [2.24, 2.45) is 0 Å². The molecular weight excluding hydrogens is 321 g/mol. The Balaban J connectivity index is 1.59. The molecule has 6 heteroatoms. The lowest BCUT2D eigenvalue weighted by Crippen LogP contribution is -2.36. The molecule has 0 unspecified atom stereocenters. The molecule has 0 bridgehead atoms. The molecule has 0 fully saturated rings. The van der Waals surface area contributed by atoms with Crippen molar-refractivity contribution in [1.29, 1.82) is 0 Å². The number of carbonyl (C=O) groups is 2. The molecule has 0 aliphatic rings. The molecule has 2 aromatic carbocycles. The fraction of sp³-hybridized carbons (Fsp3) is 0.105. The lowest BCUT2D eigenvalue weighted by molar-refractivity contribution is -0.136. The molecule has 0 atom stereocenters. The van der Waals surface area contributed by atoms with Gasteiger partial charge >= 0.3 is 11.8 Å². The van der Waals surface area contributed by atoms with Crippen LogP contribution in [0.5, 0.6) is 0 Å². The van der Waals surface area contributed by atoms with E-state index in [-0.39, 0.29) is 12.4 Å². The smallest absolute Gasteiger partial charge is 0.313 e. The number of para-hydroxylation sites is 1. The summed E-state index contributed by atoms with van der Waals surface area (Å²) in [4.78, 5) is 28.2. The van der Waals surface area contributed by atoms with Crippen molar-refractivity contribution in [3.8, 4) is 0 Å². The Bertz CT molecular complexity index is 922. The van der Waals surface area contributed by atoms with Crippen LogP contribution in [0, 0.1) is 5.82 Å². The van der Waals surface area contributed by atoms with Crippen LogP contribution in [0.1, 0.15) is 5.56 Å². The number of nitrogens with one attached hydrogen (secondary N) is 2. The molecule has 3 aromatic rings. The van der Waals surface area contributed by atoms with E-state index in [1.807, 2.05) is 12.1 Å². The number of fused-ring (bicyclic) bond motifs is 1. The molecule has 0 saturated carbocycles. The van der Waals surface area contributed by atoms with E-state index in [4.69, 9.17) is 0 Å². The summed E-state index contributed by atoms with van der Waals surface area (Å²) in [6.07, 6.45) is 1.92. The van der Waals surface area contributed by atoms with Gasteiger partial charge in [-0.15, -0.1) is 0 Å². The number of anilines is 1. The number of rotatable bonds is 4. The Hall–Kier alpha value is -3.28. The molecule has 25 heavy (non-hydrogen) atoms. The number of benzene rings is 2. The van der Waals surface area contributed by atoms with Crippen molar-refractivity contribution in [3.05, 3.63) is 72.2 Å². The van der Waals surface area contributed by atoms with Crippen molar-refractivity contribution in [1.82, 2.24) is 10.3 Å². The predicted molar refractivity (Wildman–Crippen MR) is 93.5 cm³/mol. The minimum absolute atomic E-state index is 0.168. The second-order valence-electron chi connectivity index (χ2n) is 5.43. The molecule has 126 valence electrons. The number of carbonyl (C=O) groups excluding carboxylic acids is 2. The predicted octanol–water partition coefficient (Wildman–Crippen LogP) is 2.67. The molecule has 1 heterocycles. The van der Waals surface area contributed by atoms with E-state index in [0.717, 1.165) is 5.39 Å². The van der Waals surface area contributed by atoms with Gasteiger partial charge in [0.15, 0.2) is 0 Å². The van der Waals surface area contributed by atoms with E-state index in [1.165, 1.54) is 6.07 Å². The maximum Gasteiger partial charge on any atom is 0.313 e. The summed E-state index contributed by atoms with van der Waals surface area (Å²) in [5, 5.41) is 5.91. The van der Waals surface area contributed by atoms with E-state index < -0.39 is 11.8 Å². The number of amides is 2. The highest BCUT2D eigenvalue weighted by molar-refractivity contribution is 6.40. The number of hydrogen-bond donors (Lipinski definition) is 2. The first-order valence-electron chi connectivity index (χ1n) is 7.81. The van der Waals surface area contributed by atoms with E-state index in [1.54, 1.807) is 42.6 Å². The molecule has 0 spiro atoms. The van der Waals surface area contributed by atoms with Gasteiger partial charge in [0.1, 0.15) is 5.82 Å². The lowest BCUT2D eigenvalue weighted by Gasteiger charge is -2.09. The summed E-state index contributed by atoms with van der Waals surface area (Å²) in [7, 11) is 0. The second kappa shape index (κ2) is 7.53. The number of hydrogen-bond acceptors (Lipinski definition) is 3. The molecule has 0 radical (unpaired) electrons. The van der Waals surface area contributed by atoms with E-state index in [9.17, 15) is 14.0 Å². The van der Waals surface area contributed by atoms with Gasteiger partial charge in [0, 0.05) is 18.1 Å². The Morgan fingerprint density at radius 1 is 0.960 bits per heavy atom.